The van der Waals surface area contributed by atoms with Gasteiger partial charge < -0.3 is 20.3 Å². The Kier molecular flexibility index (Phi) is 11.3. The zero-order valence-electron chi connectivity index (χ0n) is 26.0. The van der Waals surface area contributed by atoms with Crippen molar-refractivity contribution in [3.63, 3.8) is 0 Å². The van der Waals surface area contributed by atoms with E-state index in [1.165, 1.54) is 0 Å². The first-order valence-electron chi connectivity index (χ1n) is 14.7. The zero-order chi connectivity index (χ0) is 30.9. The Balaban J connectivity index is 2.09. The number of hydrogen-bond donors (Lipinski definition) is 2. The van der Waals surface area contributed by atoms with Crippen LogP contribution in [0.1, 0.15) is 74.4 Å². The Morgan fingerprint density at radius 2 is 1.55 bits per heavy atom. The first kappa shape index (κ1) is 32.4. The van der Waals surface area contributed by atoms with Crippen LogP contribution in [-0.2, 0) is 20.7 Å². The fourth-order valence-corrected chi connectivity index (χ4v) is 4.89. The summed E-state index contributed by atoms with van der Waals surface area (Å²) in [5.41, 5.74) is 4.48. The number of alkyl carbamates (subject to hydrolysis) is 1. The smallest absolute Gasteiger partial charge is 0.408 e. The van der Waals surface area contributed by atoms with Crippen LogP contribution in [0.5, 0.6) is 0 Å². The van der Waals surface area contributed by atoms with Gasteiger partial charge in [0.15, 0.2) is 0 Å². The van der Waals surface area contributed by atoms with Gasteiger partial charge in [0.2, 0.25) is 5.91 Å². The van der Waals surface area contributed by atoms with Gasteiger partial charge in [-0.05, 0) is 76.3 Å². The highest BCUT2D eigenvalue weighted by atomic mass is 16.6. The summed E-state index contributed by atoms with van der Waals surface area (Å²) in [5.74, 6) is -0.653. The Bertz CT molecular complexity index is 1360. The SMILES string of the molecule is CCCCN(C(=O)C(Cc1ccccc1)NC(=O)OC(C)(C)C)C(C(=O)Nc1ccccc1C)c1ccc(C)cc1C. The third-order valence-electron chi connectivity index (χ3n) is 6.99. The maximum atomic E-state index is 14.5. The molecule has 42 heavy (non-hydrogen) atoms. The molecule has 0 saturated carbocycles. The fraction of sp³-hybridized carbons (Fsp3) is 0.400. The molecule has 0 aliphatic carbocycles. The minimum Gasteiger partial charge on any atom is -0.444 e. The first-order chi connectivity index (χ1) is 19.9. The van der Waals surface area contributed by atoms with E-state index in [0.29, 0.717) is 18.7 Å². The highest BCUT2D eigenvalue weighted by Gasteiger charge is 2.37. The average Bonchev–Trinajstić information content (AvgIpc) is 2.92. The highest BCUT2D eigenvalue weighted by Crippen LogP contribution is 2.29. The molecule has 0 radical (unpaired) electrons. The molecule has 3 rings (SSSR count). The average molecular weight is 572 g/mol. The number of aryl methyl sites for hydroxylation is 3. The summed E-state index contributed by atoms with van der Waals surface area (Å²) in [6.45, 7) is 13.6. The number of unbranched alkanes of at least 4 members (excludes halogenated alkanes) is 1. The molecule has 0 aromatic heterocycles. The monoisotopic (exact) mass is 571 g/mol. The first-order valence-corrected chi connectivity index (χ1v) is 14.7. The van der Waals surface area contributed by atoms with E-state index in [1.807, 2.05) is 100 Å². The van der Waals surface area contributed by atoms with E-state index < -0.39 is 23.8 Å². The van der Waals surface area contributed by atoms with Crippen molar-refractivity contribution >= 4 is 23.6 Å². The summed E-state index contributed by atoms with van der Waals surface area (Å²) in [6.07, 6.45) is 1.08. The number of ether oxygens (including phenoxy) is 1. The van der Waals surface area contributed by atoms with Gasteiger partial charge in [0.1, 0.15) is 17.7 Å². The van der Waals surface area contributed by atoms with E-state index in [2.05, 4.69) is 10.6 Å². The zero-order valence-corrected chi connectivity index (χ0v) is 26.0. The molecule has 2 N–H and O–H groups in total. The molecule has 2 unspecified atom stereocenters. The second-order valence-corrected chi connectivity index (χ2v) is 11.8. The van der Waals surface area contributed by atoms with Crippen LogP contribution >= 0.6 is 0 Å². The van der Waals surface area contributed by atoms with Gasteiger partial charge in [-0.1, -0.05) is 85.6 Å². The lowest BCUT2D eigenvalue weighted by Crippen LogP contribution is -2.53. The molecule has 0 bridgehead atoms. The predicted octanol–water partition coefficient (Wildman–Crippen LogP) is 7.06. The third-order valence-corrected chi connectivity index (χ3v) is 6.99. The van der Waals surface area contributed by atoms with E-state index in [1.54, 1.807) is 25.7 Å². The van der Waals surface area contributed by atoms with E-state index in [9.17, 15) is 14.4 Å². The normalized spacial score (nSPS) is 12.6. The Labute approximate surface area is 250 Å². The molecule has 0 aliphatic heterocycles. The lowest BCUT2D eigenvalue weighted by molar-refractivity contribution is -0.140. The predicted molar refractivity (Wildman–Crippen MR) is 168 cm³/mol. The summed E-state index contributed by atoms with van der Waals surface area (Å²) in [4.78, 5) is 43.3. The van der Waals surface area contributed by atoms with E-state index in [4.69, 9.17) is 4.74 Å². The van der Waals surface area contributed by atoms with Crippen LogP contribution in [0.4, 0.5) is 10.5 Å². The lowest BCUT2D eigenvalue weighted by Gasteiger charge is -2.35. The molecule has 224 valence electrons. The minimum absolute atomic E-state index is 0.251. The largest absolute Gasteiger partial charge is 0.444 e. The molecular weight excluding hydrogens is 526 g/mol. The van der Waals surface area contributed by atoms with E-state index >= 15 is 0 Å². The molecule has 7 nitrogen and oxygen atoms in total. The number of nitrogens with zero attached hydrogens (tertiary/aromatic N) is 1. The van der Waals surface area contributed by atoms with Crippen molar-refractivity contribution in [1.29, 1.82) is 0 Å². The third kappa shape index (κ3) is 9.20. The van der Waals surface area contributed by atoms with Crippen molar-refractivity contribution in [2.45, 2.75) is 85.4 Å². The molecule has 7 heteroatoms. The van der Waals surface area contributed by atoms with Gasteiger partial charge in [-0.2, -0.15) is 0 Å². The van der Waals surface area contributed by atoms with Gasteiger partial charge in [0.05, 0.1) is 0 Å². The van der Waals surface area contributed by atoms with Gasteiger partial charge >= 0.3 is 6.09 Å². The summed E-state index contributed by atoms with van der Waals surface area (Å²) < 4.78 is 5.53. The molecule has 0 heterocycles. The van der Waals surface area contributed by atoms with E-state index in [-0.39, 0.29) is 18.2 Å². The number of anilines is 1. The van der Waals surface area contributed by atoms with Crippen LogP contribution < -0.4 is 10.6 Å². The van der Waals surface area contributed by atoms with Crippen molar-refractivity contribution in [2.75, 3.05) is 11.9 Å². The Morgan fingerprint density at radius 1 is 0.881 bits per heavy atom. The lowest BCUT2D eigenvalue weighted by atomic mass is 9.95. The number of nitrogens with one attached hydrogen (secondary N) is 2. The molecule has 0 aliphatic rings. The van der Waals surface area contributed by atoms with Crippen molar-refractivity contribution < 1.29 is 19.1 Å². The summed E-state index contributed by atoms with van der Waals surface area (Å²) in [6, 6.07) is 21.1. The molecule has 3 amide bonds. The molecule has 0 fully saturated rings. The summed E-state index contributed by atoms with van der Waals surface area (Å²) >= 11 is 0. The van der Waals surface area contributed by atoms with Gasteiger partial charge in [-0.25, -0.2) is 4.79 Å². The van der Waals surface area contributed by atoms with Gasteiger partial charge in [-0.15, -0.1) is 0 Å². The Hall–Kier alpha value is -4.13. The number of hydrogen-bond acceptors (Lipinski definition) is 4. The molecule has 0 spiro atoms. The maximum absolute atomic E-state index is 14.5. The minimum atomic E-state index is -0.946. The number of para-hydroxylation sites is 1. The van der Waals surface area contributed by atoms with Gasteiger partial charge in [-0.3, -0.25) is 9.59 Å². The summed E-state index contributed by atoms with van der Waals surface area (Å²) in [7, 11) is 0. The molecule has 3 aromatic carbocycles. The number of amides is 3. The van der Waals surface area contributed by atoms with Crippen molar-refractivity contribution in [3.05, 3.63) is 101 Å². The van der Waals surface area contributed by atoms with Crippen LogP contribution in [0, 0.1) is 20.8 Å². The number of carbonyl (C=O) groups is 3. The van der Waals surface area contributed by atoms with Crippen molar-refractivity contribution in [2.24, 2.45) is 0 Å². The molecular formula is C35H45N3O4. The quantitative estimate of drug-likeness (QED) is 0.258. The number of carbonyl (C=O) groups excluding carboxylic acids is 3. The molecule has 2 atom stereocenters. The summed E-state index contributed by atoms with van der Waals surface area (Å²) in [5, 5.41) is 5.90. The second kappa shape index (κ2) is 14.7. The number of benzene rings is 3. The van der Waals surface area contributed by atoms with E-state index in [0.717, 1.165) is 34.2 Å². The molecule has 3 aromatic rings. The second-order valence-electron chi connectivity index (χ2n) is 11.8. The highest BCUT2D eigenvalue weighted by molar-refractivity contribution is 5.99. The fourth-order valence-electron chi connectivity index (χ4n) is 4.89. The van der Waals surface area contributed by atoms with Crippen LogP contribution in [0.3, 0.4) is 0 Å². The standard InChI is InChI=1S/C35H45N3O4/c1-8-9-21-38(33(40)30(23-27-16-11-10-12-17-27)37-34(41)42-35(5,6)7)31(28-20-19-24(2)22-26(28)4)32(39)36-29-18-14-13-15-25(29)3/h10-20,22,30-31H,8-9,21,23H2,1-7H3,(H,36,39)(H,37,41). The molecule has 0 saturated heterocycles. The van der Waals surface area contributed by atoms with Crippen LogP contribution in [0.25, 0.3) is 0 Å². The van der Waals surface area contributed by atoms with Gasteiger partial charge in [0, 0.05) is 18.7 Å². The maximum Gasteiger partial charge on any atom is 0.408 e. The number of rotatable bonds is 11. The van der Waals surface area contributed by atoms with Gasteiger partial charge in [0.25, 0.3) is 5.91 Å². The van der Waals surface area contributed by atoms with Crippen LogP contribution in [-0.4, -0.2) is 41.0 Å². The van der Waals surface area contributed by atoms with Crippen LogP contribution in [0.2, 0.25) is 0 Å². The van der Waals surface area contributed by atoms with Crippen molar-refractivity contribution in [3.8, 4) is 0 Å². The van der Waals surface area contributed by atoms with Crippen LogP contribution in [0.15, 0.2) is 72.8 Å². The van der Waals surface area contributed by atoms with Crippen molar-refractivity contribution in [1.82, 2.24) is 10.2 Å². The topological polar surface area (TPSA) is 87.7 Å². The Morgan fingerprint density at radius 3 is 2.17 bits per heavy atom.